The molecule has 3 aromatic heterocycles. The lowest BCUT2D eigenvalue weighted by Gasteiger charge is -2.09. The summed E-state index contributed by atoms with van der Waals surface area (Å²) in [6, 6.07) is 8.23. The van der Waals surface area contributed by atoms with Crippen LogP contribution in [0.2, 0.25) is 0 Å². The van der Waals surface area contributed by atoms with Crippen molar-refractivity contribution in [1.29, 1.82) is 0 Å². The number of fused-ring (bicyclic) bond motifs is 2. The number of para-hydroxylation sites is 1. The van der Waals surface area contributed by atoms with Gasteiger partial charge in [0.2, 0.25) is 0 Å². The summed E-state index contributed by atoms with van der Waals surface area (Å²) < 4.78 is 2.03. The summed E-state index contributed by atoms with van der Waals surface area (Å²) >= 11 is 0. The van der Waals surface area contributed by atoms with Crippen LogP contribution in [0.15, 0.2) is 36.8 Å². The smallest absolute Gasteiger partial charge is 0.163 e. The summed E-state index contributed by atoms with van der Waals surface area (Å²) in [7, 11) is 0. The Labute approximate surface area is 145 Å². The van der Waals surface area contributed by atoms with Crippen molar-refractivity contribution in [3.8, 4) is 11.3 Å². The van der Waals surface area contributed by atoms with Gasteiger partial charge in [-0.25, -0.2) is 14.6 Å². The van der Waals surface area contributed by atoms with Crippen molar-refractivity contribution < 1.29 is 0 Å². The lowest BCUT2D eigenvalue weighted by atomic mass is 10.1. The minimum atomic E-state index is 0.489. The van der Waals surface area contributed by atoms with Gasteiger partial charge in [0.1, 0.15) is 17.8 Å². The average Bonchev–Trinajstić information content (AvgIpc) is 3.35. The third-order valence-corrected chi connectivity index (χ3v) is 5.31. The Balaban J connectivity index is 1.72. The van der Waals surface area contributed by atoms with Crippen LogP contribution in [-0.2, 0) is 6.54 Å². The number of H-pyrrole nitrogens is 1. The standard InChI is InChI=1S/C19H20N6/c20-18-16-17(14-9-21-15-8-4-3-7-13(14)15)24-25(19(16)23-11-22-18)10-12-5-1-2-6-12/h3-4,7-9,11-12,21H,1-2,5-6,10H2,(H2,20,22,23). The predicted molar refractivity (Wildman–Crippen MR) is 99.0 cm³/mol. The third-order valence-electron chi connectivity index (χ3n) is 5.31. The highest BCUT2D eigenvalue weighted by atomic mass is 15.3. The van der Waals surface area contributed by atoms with Gasteiger partial charge in [0, 0.05) is 29.2 Å². The lowest BCUT2D eigenvalue weighted by Crippen LogP contribution is -2.09. The van der Waals surface area contributed by atoms with E-state index in [-0.39, 0.29) is 0 Å². The van der Waals surface area contributed by atoms with E-state index in [2.05, 4.69) is 27.1 Å². The van der Waals surface area contributed by atoms with Crippen LogP contribution in [0, 0.1) is 5.92 Å². The molecule has 3 N–H and O–H groups in total. The fourth-order valence-corrected chi connectivity index (χ4v) is 4.05. The van der Waals surface area contributed by atoms with Crippen LogP contribution in [0.1, 0.15) is 25.7 Å². The number of nitrogens with two attached hydrogens (primary N) is 1. The number of nitrogens with one attached hydrogen (secondary N) is 1. The summed E-state index contributed by atoms with van der Waals surface area (Å²) in [4.78, 5) is 12.0. The van der Waals surface area contributed by atoms with Crippen molar-refractivity contribution >= 4 is 27.8 Å². The van der Waals surface area contributed by atoms with E-state index in [1.807, 2.05) is 23.0 Å². The molecule has 0 saturated heterocycles. The highest BCUT2D eigenvalue weighted by Crippen LogP contribution is 2.35. The van der Waals surface area contributed by atoms with Gasteiger partial charge in [-0.3, -0.25) is 0 Å². The predicted octanol–water partition coefficient (Wildman–Crippen LogP) is 3.75. The van der Waals surface area contributed by atoms with E-state index in [1.54, 1.807) is 0 Å². The maximum atomic E-state index is 6.21. The molecular formula is C19H20N6. The second-order valence-electron chi connectivity index (χ2n) is 6.89. The van der Waals surface area contributed by atoms with Crippen LogP contribution in [-0.4, -0.2) is 24.7 Å². The van der Waals surface area contributed by atoms with Crippen LogP contribution in [0.25, 0.3) is 33.2 Å². The largest absolute Gasteiger partial charge is 0.383 e. The van der Waals surface area contributed by atoms with Crippen LogP contribution >= 0.6 is 0 Å². The molecule has 6 nitrogen and oxygen atoms in total. The van der Waals surface area contributed by atoms with Gasteiger partial charge in [-0.2, -0.15) is 5.10 Å². The van der Waals surface area contributed by atoms with E-state index in [1.165, 1.54) is 32.0 Å². The second kappa shape index (κ2) is 5.58. The van der Waals surface area contributed by atoms with Gasteiger partial charge >= 0.3 is 0 Å². The first-order chi connectivity index (χ1) is 12.3. The zero-order valence-electron chi connectivity index (χ0n) is 13.9. The summed E-state index contributed by atoms with van der Waals surface area (Å²) in [6.07, 6.45) is 8.70. The molecule has 0 spiro atoms. The number of hydrogen-bond donors (Lipinski definition) is 2. The Kier molecular flexibility index (Phi) is 3.23. The number of benzene rings is 1. The normalized spacial score (nSPS) is 15.5. The topological polar surface area (TPSA) is 85.4 Å². The van der Waals surface area contributed by atoms with E-state index in [4.69, 9.17) is 10.8 Å². The van der Waals surface area contributed by atoms with Gasteiger partial charge in [-0.1, -0.05) is 31.0 Å². The van der Waals surface area contributed by atoms with Crippen molar-refractivity contribution in [2.75, 3.05) is 5.73 Å². The van der Waals surface area contributed by atoms with Crippen molar-refractivity contribution in [1.82, 2.24) is 24.7 Å². The molecule has 0 unspecified atom stereocenters. The zero-order chi connectivity index (χ0) is 16.8. The van der Waals surface area contributed by atoms with Crippen molar-refractivity contribution in [3.63, 3.8) is 0 Å². The summed E-state index contributed by atoms with van der Waals surface area (Å²) in [5.41, 5.74) is 10.0. The fourth-order valence-electron chi connectivity index (χ4n) is 4.05. The number of aromatic nitrogens is 5. The minimum absolute atomic E-state index is 0.489. The number of rotatable bonds is 3. The number of hydrogen-bond acceptors (Lipinski definition) is 4. The molecule has 1 saturated carbocycles. The number of anilines is 1. The molecule has 4 aromatic rings. The Hall–Kier alpha value is -2.89. The molecule has 0 amide bonds. The van der Waals surface area contributed by atoms with Gasteiger partial charge in [0.15, 0.2) is 5.65 Å². The highest BCUT2D eigenvalue weighted by molar-refractivity contribution is 6.05. The highest BCUT2D eigenvalue weighted by Gasteiger charge is 2.22. The Morgan fingerprint density at radius 1 is 1.16 bits per heavy atom. The van der Waals surface area contributed by atoms with Gasteiger partial charge in [0.05, 0.1) is 5.39 Å². The van der Waals surface area contributed by atoms with E-state index >= 15 is 0 Å². The van der Waals surface area contributed by atoms with Crippen LogP contribution in [0.3, 0.4) is 0 Å². The average molecular weight is 332 g/mol. The molecule has 1 aromatic carbocycles. The summed E-state index contributed by atoms with van der Waals surface area (Å²) in [6.45, 7) is 0.898. The van der Waals surface area contributed by atoms with E-state index in [0.717, 1.165) is 39.7 Å². The Morgan fingerprint density at radius 2 is 2.00 bits per heavy atom. The molecule has 3 heterocycles. The molecule has 25 heavy (non-hydrogen) atoms. The van der Waals surface area contributed by atoms with Crippen LogP contribution in [0.4, 0.5) is 5.82 Å². The Bertz CT molecular complexity index is 1050. The first-order valence-corrected chi connectivity index (χ1v) is 8.85. The molecule has 0 aliphatic heterocycles. The molecule has 0 atom stereocenters. The molecule has 1 aliphatic rings. The molecule has 0 bridgehead atoms. The van der Waals surface area contributed by atoms with Crippen LogP contribution < -0.4 is 5.73 Å². The quantitative estimate of drug-likeness (QED) is 0.598. The fraction of sp³-hybridized carbons (Fsp3) is 0.316. The van der Waals surface area contributed by atoms with E-state index < -0.39 is 0 Å². The van der Waals surface area contributed by atoms with Gasteiger partial charge in [-0.05, 0) is 24.8 Å². The third kappa shape index (κ3) is 2.28. The number of nitrogens with zero attached hydrogens (tertiary/aromatic N) is 4. The SMILES string of the molecule is Nc1ncnc2c1c(-c1c[nH]c3ccccc13)nn2CC1CCCC1. The molecular weight excluding hydrogens is 312 g/mol. The van der Waals surface area contributed by atoms with Gasteiger partial charge in [-0.15, -0.1) is 0 Å². The van der Waals surface area contributed by atoms with E-state index in [0.29, 0.717) is 11.7 Å². The summed E-state index contributed by atoms with van der Waals surface area (Å²) in [5, 5.41) is 6.91. The van der Waals surface area contributed by atoms with Crippen molar-refractivity contribution in [2.24, 2.45) is 5.92 Å². The zero-order valence-corrected chi connectivity index (χ0v) is 13.9. The molecule has 1 aliphatic carbocycles. The molecule has 1 fully saturated rings. The van der Waals surface area contributed by atoms with Crippen molar-refractivity contribution in [2.45, 2.75) is 32.2 Å². The number of aromatic amines is 1. The molecule has 0 radical (unpaired) electrons. The van der Waals surface area contributed by atoms with Crippen molar-refractivity contribution in [3.05, 3.63) is 36.8 Å². The summed E-state index contributed by atoms with van der Waals surface area (Å²) in [5.74, 6) is 1.16. The molecule has 6 heteroatoms. The maximum absolute atomic E-state index is 6.21. The van der Waals surface area contributed by atoms with Gasteiger partial charge in [0.25, 0.3) is 0 Å². The second-order valence-corrected chi connectivity index (χ2v) is 6.89. The van der Waals surface area contributed by atoms with Gasteiger partial charge < -0.3 is 10.7 Å². The first kappa shape index (κ1) is 14.5. The molecule has 126 valence electrons. The van der Waals surface area contributed by atoms with E-state index in [9.17, 15) is 0 Å². The maximum Gasteiger partial charge on any atom is 0.163 e. The Morgan fingerprint density at radius 3 is 2.88 bits per heavy atom. The minimum Gasteiger partial charge on any atom is -0.383 e. The van der Waals surface area contributed by atoms with Crippen LogP contribution in [0.5, 0.6) is 0 Å². The molecule has 5 rings (SSSR count). The monoisotopic (exact) mass is 332 g/mol. The number of nitrogen functional groups attached to an aromatic ring is 1. The lowest BCUT2D eigenvalue weighted by molar-refractivity contribution is 0.437. The first-order valence-electron chi connectivity index (χ1n) is 8.85.